The van der Waals surface area contributed by atoms with Crippen molar-refractivity contribution < 1.29 is 18.0 Å². The van der Waals surface area contributed by atoms with Gasteiger partial charge in [0, 0.05) is 4.88 Å². The fourth-order valence-electron chi connectivity index (χ4n) is 2.36. The van der Waals surface area contributed by atoms with Gasteiger partial charge in [-0.2, -0.15) is 0 Å². The Bertz CT molecular complexity index is 703. The highest BCUT2D eigenvalue weighted by molar-refractivity contribution is 9.08. The van der Waals surface area contributed by atoms with Crippen LogP contribution in [0.4, 0.5) is 0 Å². The summed E-state index contributed by atoms with van der Waals surface area (Å²) in [5.74, 6) is 0.968. The first-order valence-electron chi connectivity index (χ1n) is 7.97. The van der Waals surface area contributed by atoms with Gasteiger partial charge in [0.15, 0.2) is 5.76 Å². The second-order valence-corrected chi connectivity index (χ2v) is 9.30. The summed E-state index contributed by atoms with van der Waals surface area (Å²) in [4.78, 5) is 5.78. The minimum Gasteiger partial charge on any atom is -0.462 e. The Morgan fingerprint density at radius 3 is 2.54 bits per heavy atom. The normalized spacial score (nSPS) is 12.2. The van der Waals surface area contributed by atoms with Crippen molar-refractivity contribution in [1.29, 1.82) is 0 Å². The van der Waals surface area contributed by atoms with Crippen LogP contribution in [0, 0.1) is 5.92 Å². The highest BCUT2D eigenvalue weighted by Crippen LogP contribution is 2.50. The first-order chi connectivity index (χ1) is 11.4. The molecule has 2 aromatic heterocycles. The Labute approximate surface area is 155 Å². The van der Waals surface area contributed by atoms with Crippen LogP contribution in [0.5, 0.6) is 0 Å². The molecule has 0 fully saturated rings. The topological polar surface area (TPSA) is 61.6 Å². The zero-order chi connectivity index (χ0) is 17.7. The largest absolute Gasteiger partial charge is 0.462 e. The number of alkyl halides is 1. The van der Waals surface area contributed by atoms with E-state index in [0.717, 1.165) is 22.0 Å². The lowest BCUT2D eigenvalue weighted by Crippen LogP contribution is -2.11. The molecule has 0 atom stereocenters. The monoisotopic (exact) mass is 435 g/mol. The van der Waals surface area contributed by atoms with E-state index in [9.17, 15) is 4.57 Å². The maximum atomic E-state index is 13.1. The van der Waals surface area contributed by atoms with Gasteiger partial charge in [0.1, 0.15) is 16.0 Å². The summed E-state index contributed by atoms with van der Waals surface area (Å²) < 4.78 is 29.7. The minimum atomic E-state index is -3.42. The first kappa shape index (κ1) is 19.9. The lowest BCUT2D eigenvalue weighted by molar-refractivity contribution is 0.230. The molecule has 2 heterocycles. The van der Waals surface area contributed by atoms with Crippen LogP contribution >= 0.6 is 34.9 Å². The lowest BCUT2D eigenvalue weighted by atomic mass is 10.1. The fourth-order valence-corrected chi connectivity index (χ4v) is 5.64. The van der Waals surface area contributed by atoms with Crippen LogP contribution < -0.4 is 5.30 Å². The van der Waals surface area contributed by atoms with Gasteiger partial charge in [0.05, 0.1) is 24.8 Å². The van der Waals surface area contributed by atoms with Gasteiger partial charge in [0.25, 0.3) is 0 Å². The maximum Gasteiger partial charge on any atom is 0.365 e. The van der Waals surface area contributed by atoms with Crippen molar-refractivity contribution in [3.05, 3.63) is 22.2 Å². The van der Waals surface area contributed by atoms with E-state index in [1.165, 1.54) is 6.26 Å². The van der Waals surface area contributed by atoms with Gasteiger partial charge in [-0.15, -0.1) is 11.3 Å². The zero-order valence-electron chi connectivity index (χ0n) is 14.4. The molecule has 0 unspecified atom stereocenters. The number of furan rings is 1. The summed E-state index contributed by atoms with van der Waals surface area (Å²) in [5.41, 5.74) is 0.739. The lowest BCUT2D eigenvalue weighted by Gasteiger charge is -2.16. The third-order valence-corrected chi connectivity index (χ3v) is 7.32. The van der Waals surface area contributed by atoms with Crippen molar-refractivity contribution in [2.45, 2.75) is 39.4 Å². The van der Waals surface area contributed by atoms with Crippen molar-refractivity contribution in [2.24, 2.45) is 5.92 Å². The molecule has 5 nitrogen and oxygen atoms in total. The highest BCUT2D eigenvalue weighted by Gasteiger charge is 2.34. The Morgan fingerprint density at radius 1 is 1.33 bits per heavy atom. The van der Waals surface area contributed by atoms with E-state index in [2.05, 4.69) is 34.8 Å². The van der Waals surface area contributed by atoms with Gasteiger partial charge in [-0.25, -0.2) is 4.98 Å². The van der Waals surface area contributed by atoms with Crippen molar-refractivity contribution in [1.82, 2.24) is 4.98 Å². The number of aromatic nitrogens is 1. The van der Waals surface area contributed by atoms with Crippen molar-refractivity contribution in [3.8, 4) is 11.5 Å². The van der Waals surface area contributed by atoms with E-state index in [0.29, 0.717) is 35.5 Å². The van der Waals surface area contributed by atoms with Crippen LogP contribution in [0.25, 0.3) is 11.5 Å². The first-order valence-corrected chi connectivity index (χ1v) is 11.4. The van der Waals surface area contributed by atoms with Crippen LogP contribution in [0.3, 0.4) is 0 Å². The third kappa shape index (κ3) is 4.38. The summed E-state index contributed by atoms with van der Waals surface area (Å²) >= 11 is 5.10. The zero-order valence-corrected chi connectivity index (χ0v) is 17.7. The molecule has 0 radical (unpaired) electrons. The summed E-state index contributed by atoms with van der Waals surface area (Å²) in [6, 6.07) is 1.66. The molecule has 8 heteroatoms. The molecule has 0 bridgehead atoms. The van der Waals surface area contributed by atoms with Crippen molar-refractivity contribution >= 4 is 40.2 Å². The van der Waals surface area contributed by atoms with Gasteiger partial charge in [0.2, 0.25) is 0 Å². The summed E-state index contributed by atoms with van der Waals surface area (Å²) in [6.07, 6.45) is 2.40. The molecule has 2 rings (SSSR count). The van der Waals surface area contributed by atoms with E-state index in [4.69, 9.17) is 13.5 Å². The number of rotatable bonds is 9. The highest BCUT2D eigenvalue weighted by atomic mass is 79.9. The Balaban J connectivity index is 2.53. The molecule has 0 amide bonds. The standard InChI is InChI=1S/C16H23BrNO4PS/c1-5-21-23(19,22-6-2)12-7-8-20-16(12)15-13(9-11(3)4)24-14(10-17)18-15/h7-8,11H,5-6,9-10H2,1-4H3. The van der Waals surface area contributed by atoms with Crippen molar-refractivity contribution in [3.63, 3.8) is 0 Å². The van der Waals surface area contributed by atoms with Crippen molar-refractivity contribution in [2.75, 3.05) is 13.2 Å². The maximum absolute atomic E-state index is 13.1. The van der Waals surface area contributed by atoms with Crippen LogP contribution in [0.2, 0.25) is 0 Å². The molecule has 0 saturated heterocycles. The van der Waals surface area contributed by atoms with Gasteiger partial charge >= 0.3 is 7.60 Å². The van der Waals surface area contributed by atoms with Gasteiger partial charge in [-0.3, -0.25) is 4.57 Å². The van der Waals surface area contributed by atoms with Crippen LogP contribution in [0.15, 0.2) is 16.7 Å². The molecular formula is C16H23BrNO4PS. The second-order valence-electron chi connectivity index (χ2n) is 5.58. The third-order valence-electron chi connectivity index (χ3n) is 3.20. The Kier molecular flexibility index (Phi) is 7.25. The molecule has 0 aliphatic heterocycles. The van der Waals surface area contributed by atoms with Gasteiger partial charge < -0.3 is 13.5 Å². The van der Waals surface area contributed by atoms with Crippen LogP contribution in [0.1, 0.15) is 37.6 Å². The molecule has 0 aromatic carbocycles. The molecular weight excluding hydrogens is 413 g/mol. The summed E-state index contributed by atoms with van der Waals surface area (Å²) in [6.45, 7) is 8.50. The predicted octanol–water partition coefficient (Wildman–Crippen LogP) is 5.39. The second kappa shape index (κ2) is 8.77. The molecule has 0 spiro atoms. The quantitative estimate of drug-likeness (QED) is 0.390. The number of halogens is 1. The molecule has 134 valence electrons. The molecule has 24 heavy (non-hydrogen) atoms. The van der Waals surface area contributed by atoms with E-state index < -0.39 is 7.60 Å². The molecule has 0 aliphatic rings. The predicted molar refractivity (Wildman–Crippen MR) is 101 cm³/mol. The van der Waals surface area contributed by atoms with Gasteiger partial charge in [-0.1, -0.05) is 29.8 Å². The van der Waals surface area contributed by atoms with Gasteiger partial charge in [-0.05, 0) is 32.3 Å². The minimum absolute atomic E-state index is 0.296. The molecule has 2 aromatic rings. The van der Waals surface area contributed by atoms with Crippen LogP contribution in [-0.4, -0.2) is 18.2 Å². The number of hydrogen-bond donors (Lipinski definition) is 0. The van der Waals surface area contributed by atoms with E-state index >= 15 is 0 Å². The fraction of sp³-hybridized carbons (Fsp3) is 0.562. The smallest absolute Gasteiger partial charge is 0.365 e. The number of hydrogen-bond acceptors (Lipinski definition) is 6. The Hall–Kier alpha value is -0.460. The molecule has 0 saturated carbocycles. The number of nitrogens with zero attached hydrogens (tertiary/aromatic N) is 1. The van der Waals surface area contributed by atoms with E-state index in [1.807, 2.05) is 0 Å². The van der Waals surface area contributed by atoms with Crippen LogP contribution in [-0.2, 0) is 25.4 Å². The Morgan fingerprint density at radius 2 is 2.00 bits per heavy atom. The number of thiazole rings is 1. The molecule has 0 aliphatic carbocycles. The van der Waals surface area contributed by atoms with E-state index in [-0.39, 0.29) is 0 Å². The average Bonchev–Trinajstić information content (AvgIpc) is 3.13. The summed E-state index contributed by atoms with van der Waals surface area (Å²) in [5, 5.41) is 2.08. The molecule has 0 N–H and O–H groups in total. The average molecular weight is 436 g/mol. The van der Waals surface area contributed by atoms with E-state index in [1.54, 1.807) is 31.3 Å². The summed E-state index contributed by atoms with van der Waals surface area (Å²) in [7, 11) is -3.42. The SMILES string of the molecule is CCOP(=O)(OCC)c1ccoc1-c1nc(CBr)sc1CC(C)C.